The maximum atomic E-state index is 8.04. The topological polar surface area (TPSA) is 49.5 Å². The van der Waals surface area contributed by atoms with Crippen molar-refractivity contribution in [2.45, 2.75) is 6.92 Å². The fraction of sp³-hybridized carbons (Fsp3) is 0.167. The highest BCUT2D eigenvalue weighted by molar-refractivity contribution is 5.70. The Kier molecular flexibility index (Phi) is 1.47. The number of hydrogen-bond acceptors (Lipinski definition) is 1. The van der Waals surface area contributed by atoms with Crippen molar-refractivity contribution < 1.29 is 9.21 Å². The molecule has 0 N–H and O–H groups in total. The van der Waals surface area contributed by atoms with E-state index in [2.05, 4.69) is 4.79 Å². The molecule has 0 aromatic carbocycles. The molecule has 1 heterocycles. The van der Waals surface area contributed by atoms with Crippen LogP contribution < -0.4 is 0 Å². The second-order valence-corrected chi connectivity index (χ2v) is 1.69. The summed E-state index contributed by atoms with van der Waals surface area (Å²) in [6.45, 7) is 1.83. The van der Waals surface area contributed by atoms with Gasteiger partial charge < -0.3 is 9.95 Å². The minimum absolute atomic E-state index is 0.565. The van der Waals surface area contributed by atoms with E-state index < -0.39 is 0 Å². The summed E-state index contributed by atoms with van der Waals surface area (Å²) in [4.78, 5) is 2.80. The smallest absolute Gasteiger partial charge is 0.322 e. The van der Waals surface area contributed by atoms with Crippen molar-refractivity contribution in [2.24, 2.45) is 0 Å². The van der Waals surface area contributed by atoms with Crippen LogP contribution in [0.3, 0.4) is 0 Å². The quantitative estimate of drug-likeness (QED) is 0.314. The summed E-state index contributed by atoms with van der Waals surface area (Å²) in [5.74, 6) is 1.37. The summed E-state index contributed by atoms with van der Waals surface area (Å²) in [7, 11) is 0. The van der Waals surface area contributed by atoms with Gasteiger partial charge in [0.05, 0.1) is 0 Å². The molecule has 0 saturated carbocycles. The minimum Gasteiger partial charge on any atom is -0.454 e. The van der Waals surface area contributed by atoms with E-state index in [4.69, 9.17) is 9.95 Å². The van der Waals surface area contributed by atoms with Crippen molar-refractivity contribution >= 4 is 6.21 Å². The van der Waals surface area contributed by atoms with Gasteiger partial charge in [0.1, 0.15) is 5.76 Å². The van der Waals surface area contributed by atoms with Gasteiger partial charge in [-0.1, -0.05) is 0 Å². The van der Waals surface area contributed by atoms with E-state index in [1.165, 1.54) is 6.21 Å². The summed E-state index contributed by atoms with van der Waals surface area (Å²) in [5, 5.41) is 0. The Labute approximate surface area is 52.5 Å². The zero-order valence-electron chi connectivity index (χ0n) is 5.03. The average molecular weight is 122 g/mol. The third kappa shape index (κ3) is 1.27. The predicted octanol–water partition coefficient (Wildman–Crippen LogP) is 1.24. The van der Waals surface area contributed by atoms with Crippen molar-refractivity contribution in [3.8, 4) is 0 Å². The van der Waals surface area contributed by atoms with Crippen LogP contribution in [0.4, 0.5) is 0 Å². The molecule has 0 unspecified atom stereocenters. The summed E-state index contributed by atoms with van der Waals surface area (Å²) in [5.41, 5.74) is 8.04. The van der Waals surface area contributed by atoms with Gasteiger partial charge in [-0.15, -0.1) is 0 Å². The molecule has 9 heavy (non-hydrogen) atoms. The Morgan fingerprint density at radius 3 is 2.89 bits per heavy atom. The Bertz CT molecular complexity index is 245. The van der Waals surface area contributed by atoms with Crippen LogP contribution >= 0.6 is 0 Å². The molecule has 0 amide bonds. The van der Waals surface area contributed by atoms with Gasteiger partial charge in [-0.25, -0.2) is 0 Å². The van der Waals surface area contributed by atoms with Gasteiger partial charge in [0.2, 0.25) is 5.76 Å². The highest BCUT2D eigenvalue weighted by atomic mass is 16.3. The van der Waals surface area contributed by atoms with E-state index in [1.807, 2.05) is 6.92 Å². The Morgan fingerprint density at radius 1 is 1.67 bits per heavy atom. The number of hydrogen-bond donors (Lipinski definition) is 0. The van der Waals surface area contributed by atoms with E-state index in [9.17, 15) is 0 Å². The lowest BCUT2D eigenvalue weighted by Gasteiger charge is -1.74. The standard InChI is InChI=1S/C6H6N2O/c1-5-2-3-6(9-5)4-8-7/h2-4H,1H3. The molecule has 0 spiro atoms. The molecule has 0 fully saturated rings. The molecule has 3 heteroatoms. The van der Waals surface area contributed by atoms with Crippen molar-refractivity contribution in [1.29, 1.82) is 0 Å². The molecule has 46 valence electrons. The van der Waals surface area contributed by atoms with Gasteiger partial charge in [-0.3, -0.25) is 0 Å². The maximum Gasteiger partial charge on any atom is 0.322 e. The van der Waals surface area contributed by atoms with Crippen LogP contribution in [0.5, 0.6) is 0 Å². The van der Waals surface area contributed by atoms with Gasteiger partial charge in [0, 0.05) is 0 Å². The van der Waals surface area contributed by atoms with Crippen LogP contribution in [0.25, 0.3) is 5.53 Å². The van der Waals surface area contributed by atoms with E-state index in [0.29, 0.717) is 5.76 Å². The predicted molar refractivity (Wildman–Crippen MR) is 32.2 cm³/mol. The molecular formula is C6H6N2O. The first-order valence-electron chi connectivity index (χ1n) is 2.57. The Hall–Kier alpha value is -1.34. The van der Waals surface area contributed by atoms with Crippen LogP contribution in [-0.4, -0.2) is 11.0 Å². The molecule has 0 saturated heterocycles. The number of furan rings is 1. The van der Waals surface area contributed by atoms with E-state index in [1.54, 1.807) is 12.1 Å². The molecule has 0 aliphatic heterocycles. The summed E-state index contributed by atoms with van der Waals surface area (Å²) < 4.78 is 5.01. The monoisotopic (exact) mass is 122 g/mol. The van der Waals surface area contributed by atoms with E-state index in [0.717, 1.165) is 5.76 Å². The second-order valence-electron chi connectivity index (χ2n) is 1.69. The zero-order chi connectivity index (χ0) is 6.69. The van der Waals surface area contributed by atoms with Gasteiger partial charge in [0.15, 0.2) is 0 Å². The molecule has 0 aliphatic carbocycles. The van der Waals surface area contributed by atoms with Crippen LogP contribution in [0.15, 0.2) is 16.5 Å². The maximum absolute atomic E-state index is 8.04. The normalized spacial score (nSPS) is 8.56. The molecular weight excluding hydrogens is 116 g/mol. The highest BCUT2D eigenvalue weighted by Crippen LogP contribution is 2.01. The SMILES string of the molecule is Cc1ccc(C=[N+]=[N-])o1. The highest BCUT2D eigenvalue weighted by Gasteiger charge is 1.95. The lowest BCUT2D eigenvalue weighted by molar-refractivity contribution is 0.00302. The Balaban J connectivity index is 2.97. The largest absolute Gasteiger partial charge is 0.454 e. The molecule has 1 aromatic rings. The van der Waals surface area contributed by atoms with Gasteiger partial charge >= 0.3 is 6.21 Å². The van der Waals surface area contributed by atoms with Crippen LogP contribution in [0.1, 0.15) is 11.5 Å². The first-order valence-corrected chi connectivity index (χ1v) is 2.57. The van der Waals surface area contributed by atoms with Gasteiger partial charge in [-0.05, 0) is 19.1 Å². The van der Waals surface area contributed by atoms with E-state index >= 15 is 0 Å². The number of rotatable bonds is 1. The van der Waals surface area contributed by atoms with Crippen molar-refractivity contribution in [2.75, 3.05) is 0 Å². The van der Waals surface area contributed by atoms with E-state index in [-0.39, 0.29) is 0 Å². The molecule has 0 aliphatic rings. The van der Waals surface area contributed by atoms with Crippen molar-refractivity contribution in [3.63, 3.8) is 0 Å². The molecule has 1 rings (SSSR count). The summed E-state index contributed by atoms with van der Waals surface area (Å²) >= 11 is 0. The Morgan fingerprint density at radius 2 is 2.44 bits per heavy atom. The fourth-order valence-corrected chi connectivity index (χ4v) is 0.580. The number of aryl methyl sites for hydroxylation is 1. The second kappa shape index (κ2) is 2.29. The lowest BCUT2D eigenvalue weighted by Crippen LogP contribution is -1.72. The molecule has 3 nitrogen and oxygen atoms in total. The zero-order valence-corrected chi connectivity index (χ0v) is 5.03. The average Bonchev–Trinajstić information content (AvgIpc) is 2.17. The van der Waals surface area contributed by atoms with Gasteiger partial charge in [0.25, 0.3) is 0 Å². The van der Waals surface area contributed by atoms with Crippen LogP contribution in [0.2, 0.25) is 0 Å². The third-order valence-electron chi connectivity index (χ3n) is 0.946. The van der Waals surface area contributed by atoms with Crippen LogP contribution in [-0.2, 0) is 0 Å². The molecule has 0 atom stereocenters. The van der Waals surface area contributed by atoms with Gasteiger partial charge in [-0.2, -0.15) is 4.79 Å². The third-order valence-corrected chi connectivity index (χ3v) is 0.946. The molecule has 0 radical (unpaired) electrons. The first kappa shape index (κ1) is 5.79. The number of nitrogens with zero attached hydrogens (tertiary/aromatic N) is 2. The summed E-state index contributed by atoms with van der Waals surface area (Å²) in [6.07, 6.45) is 1.24. The molecule has 1 aromatic heterocycles. The van der Waals surface area contributed by atoms with Crippen molar-refractivity contribution in [1.82, 2.24) is 0 Å². The fourth-order valence-electron chi connectivity index (χ4n) is 0.580. The van der Waals surface area contributed by atoms with Crippen LogP contribution in [0, 0.1) is 6.92 Å². The summed E-state index contributed by atoms with van der Waals surface area (Å²) in [6, 6.07) is 3.53. The van der Waals surface area contributed by atoms with Crippen molar-refractivity contribution in [3.05, 3.63) is 29.2 Å². The lowest BCUT2D eigenvalue weighted by atomic mass is 10.4. The molecule has 0 bridgehead atoms. The minimum atomic E-state index is 0.565. The first-order chi connectivity index (χ1) is 4.33.